The van der Waals surface area contributed by atoms with Crippen molar-refractivity contribution in [2.45, 2.75) is 17.7 Å². The molecule has 1 aromatic carbocycles. The molecule has 1 atom stereocenters. The number of anilines is 1. The lowest BCUT2D eigenvalue weighted by molar-refractivity contribution is -0.119. The van der Waals surface area contributed by atoms with Gasteiger partial charge in [0.1, 0.15) is 0 Å². The molecule has 0 aliphatic carbocycles. The van der Waals surface area contributed by atoms with Crippen molar-refractivity contribution in [2.75, 3.05) is 24.2 Å². The van der Waals surface area contributed by atoms with E-state index in [0.717, 1.165) is 30.1 Å². The Bertz CT molecular complexity index is 487. The summed E-state index contributed by atoms with van der Waals surface area (Å²) in [5.41, 5.74) is 5.93. The molecule has 0 saturated carbocycles. The van der Waals surface area contributed by atoms with Gasteiger partial charge < -0.3 is 16.4 Å². The molecule has 0 bridgehead atoms. The van der Waals surface area contributed by atoms with Crippen LogP contribution in [0.3, 0.4) is 0 Å². The molecule has 1 aliphatic rings. The first-order chi connectivity index (χ1) is 9.66. The number of nitrogens with one attached hydrogen (secondary N) is 2. The predicted molar refractivity (Wildman–Crippen MR) is 80.6 cm³/mol. The van der Waals surface area contributed by atoms with Crippen molar-refractivity contribution in [3.8, 4) is 0 Å². The number of carbonyl (C=O) groups is 2. The summed E-state index contributed by atoms with van der Waals surface area (Å²) < 4.78 is 0. The molecule has 2 amide bonds. The summed E-state index contributed by atoms with van der Waals surface area (Å²) in [6.45, 7) is 1.63. The molecule has 5 nitrogen and oxygen atoms in total. The summed E-state index contributed by atoms with van der Waals surface area (Å²) in [5, 5.41) is 6.16. The zero-order valence-electron chi connectivity index (χ0n) is 11.2. The summed E-state index contributed by atoms with van der Waals surface area (Å²) >= 11 is 1.53. The third-order valence-electron chi connectivity index (χ3n) is 3.18. The second kappa shape index (κ2) is 7.31. The highest BCUT2D eigenvalue weighted by atomic mass is 32.2. The molecule has 1 fully saturated rings. The van der Waals surface area contributed by atoms with Gasteiger partial charge in [0.2, 0.25) is 11.8 Å². The number of carbonyl (C=O) groups excluding carboxylic acids is 2. The first kappa shape index (κ1) is 14.9. The fourth-order valence-corrected chi connectivity index (χ4v) is 3.04. The number of benzene rings is 1. The van der Waals surface area contributed by atoms with E-state index in [0.29, 0.717) is 12.2 Å². The van der Waals surface area contributed by atoms with Crippen LogP contribution in [0.25, 0.3) is 0 Å². The molecule has 2 rings (SSSR count). The maximum Gasteiger partial charge on any atom is 0.228 e. The van der Waals surface area contributed by atoms with Crippen LogP contribution in [0.15, 0.2) is 29.2 Å². The fraction of sp³-hybridized carbons (Fsp3) is 0.429. The predicted octanol–water partition coefficient (Wildman–Crippen LogP) is 1.20. The fourth-order valence-electron chi connectivity index (χ4n) is 2.07. The van der Waals surface area contributed by atoms with Crippen molar-refractivity contribution in [2.24, 2.45) is 11.7 Å². The van der Waals surface area contributed by atoms with Gasteiger partial charge in [0, 0.05) is 23.6 Å². The number of amides is 2. The Morgan fingerprint density at radius 3 is 2.90 bits per heavy atom. The molecule has 0 spiro atoms. The summed E-state index contributed by atoms with van der Waals surface area (Å²) in [6, 6.07) is 7.63. The highest BCUT2D eigenvalue weighted by Gasteiger charge is 2.22. The molecular formula is C14H19N3O2S. The minimum absolute atomic E-state index is 0.0404. The van der Waals surface area contributed by atoms with Gasteiger partial charge in [-0.2, -0.15) is 0 Å². The topological polar surface area (TPSA) is 84.2 Å². The van der Waals surface area contributed by atoms with E-state index < -0.39 is 0 Å². The van der Waals surface area contributed by atoms with Crippen LogP contribution in [0.5, 0.6) is 0 Å². The third-order valence-corrected chi connectivity index (χ3v) is 4.26. The molecule has 1 unspecified atom stereocenters. The van der Waals surface area contributed by atoms with E-state index in [1.54, 1.807) is 0 Å². The van der Waals surface area contributed by atoms with E-state index >= 15 is 0 Å². The van der Waals surface area contributed by atoms with Crippen LogP contribution in [-0.2, 0) is 9.59 Å². The van der Waals surface area contributed by atoms with Gasteiger partial charge in [0.15, 0.2) is 0 Å². The van der Waals surface area contributed by atoms with Crippen LogP contribution in [0.2, 0.25) is 0 Å². The van der Waals surface area contributed by atoms with Crippen LogP contribution in [0, 0.1) is 5.92 Å². The number of para-hydroxylation sites is 1. The lowest BCUT2D eigenvalue weighted by Crippen LogP contribution is -2.24. The Morgan fingerprint density at radius 1 is 1.40 bits per heavy atom. The third kappa shape index (κ3) is 4.25. The molecule has 0 radical (unpaired) electrons. The van der Waals surface area contributed by atoms with Crippen LogP contribution < -0.4 is 16.4 Å². The Kier molecular flexibility index (Phi) is 5.43. The molecule has 1 saturated heterocycles. The molecule has 1 aliphatic heterocycles. The average Bonchev–Trinajstić information content (AvgIpc) is 2.94. The first-order valence-electron chi connectivity index (χ1n) is 6.68. The Labute approximate surface area is 122 Å². The van der Waals surface area contributed by atoms with Gasteiger partial charge in [0.05, 0.1) is 11.6 Å². The van der Waals surface area contributed by atoms with E-state index in [9.17, 15) is 9.59 Å². The molecule has 0 aromatic heterocycles. The second-order valence-corrected chi connectivity index (χ2v) is 5.88. The largest absolute Gasteiger partial charge is 0.370 e. The normalized spacial score (nSPS) is 17.9. The number of nitrogens with two attached hydrogens (primary N) is 1. The molecule has 4 N–H and O–H groups in total. The zero-order valence-corrected chi connectivity index (χ0v) is 12.0. The summed E-state index contributed by atoms with van der Waals surface area (Å²) in [5.74, 6) is 0.403. The first-order valence-corrected chi connectivity index (χ1v) is 7.67. The zero-order chi connectivity index (χ0) is 14.4. The molecule has 20 heavy (non-hydrogen) atoms. The van der Waals surface area contributed by atoms with Crippen LogP contribution >= 0.6 is 11.8 Å². The van der Waals surface area contributed by atoms with Crippen LogP contribution in [-0.4, -0.2) is 30.7 Å². The van der Waals surface area contributed by atoms with Gasteiger partial charge in [-0.3, -0.25) is 9.59 Å². The summed E-state index contributed by atoms with van der Waals surface area (Å²) in [6.07, 6.45) is 1.21. The molecule has 6 heteroatoms. The minimum atomic E-state index is -0.309. The molecule has 108 valence electrons. The standard InChI is InChI=1S/C14H19N3O2S/c15-13(18)6-8-20-12-4-2-1-3-11(12)17-14(19)10-5-7-16-9-10/h1-4,10,16H,5-9H2,(H2,15,18)(H,17,19). The van der Waals surface area contributed by atoms with E-state index in [1.807, 2.05) is 24.3 Å². The maximum absolute atomic E-state index is 12.1. The number of primary amides is 1. The highest BCUT2D eigenvalue weighted by molar-refractivity contribution is 7.99. The Morgan fingerprint density at radius 2 is 2.20 bits per heavy atom. The SMILES string of the molecule is NC(=O)CCSc1ccccc1NC(=O)C1CCNC1. The average molecular weight is 293 g/mol. The van der Waals surface area contributed by atoms with Crippen LogP contribution in [0.1, 0.15) is 12.8 Å². The van der Waals surface area contributed by atoms with Gasteiger partial charge in [-0.05, 0) is 25.1 Å². The smallest absolute Gasteiger partial charge is 0.228 e. The Hall–Kier alpha value is -1.53. The number of rotatable bonds is 6. The molecule has 1 aromatic rings. The number of hydrogen-bond donors (Lipinski definition) is 3. The van der Waals surface area contributed by atoms with Gasteiger partial charge in [0.25, 0.3) is 0 Å². The van der Waals surface area contributed by atoms with Crippen molar-refractivity contribution < 1.29 is 9.59 Å². The number of hydrogen-bond acceptors (Lipinski definition) is 4. The van der Waals surface area contributed by atoms with Crippen LogP contribution in [0.4, 0.5) is 5.69 Å². The van der Waals surface area contributed by atoms with Gasteiger partial charge in [-0.15, -0.1) is 11.8 Å². The van der Waals surface area contributed by atoms with Gasteiger partial charge >= 0.3 is 0 Å². The van der Waals surface area contributed by atoms with E-state index in [1.165, 1.54) is 11.8 Å². The summed E-state index contributed by atoms with van der Waals surface area (Å²) in [7, 11) is 0. The van der Waals surface area contributed by atoms with E-state index in [-0.39, 0.29) is 17.7 Å². The monoisotopic (exact) mass is 293 g/mol. The quantitative estimate of drug-likeness (QED) is 0.688. The van der Waals surface area contributed by atoms with Crippen molar-refractivity contribution in [3.63, 3.8) is 0 Å². The highest BCUT2D eigenvalue weighted by Crippen LogP contribution is 2.28. The van der Waals surface area contributed by atoms with E-state index in [4.69, 9.17) is 5.73 Å². The van der Waals surface area contributed by atoms with Crippen molar-refractivity contribution in [1.82, 2.24) is 5.32 Å². The Balaban J connectivity index is 1.96. The van der Waals surface area contributed by atoms with Crippen molar-refractivity contribution in [3.05, 3.63) is 24.3 Å². The molecular weight excluding hydrogens is 274 g/mol. The lowest BCUT2D eigenvalue weighted by Gasteiger charge is -2.13. The lowest BCUT2D eigenvalue weighted by atomic mass is 10.1. The van der Waals surface area contributed by atoms with Gasteiger partial charge in [-0.1, -0.05) is 12.1 Å². The molecule has 1 heterocycles. The van der Waals surface area contributed by atoms with Crippen molar-refractivity contribution >= 4 is 29.3 Å². The van der Waals surface area contributed by atoms with E-state index in [2.05, 4.69) is 10.6 Å². The van der Waals surface area contributed by atoms with Crippen molar-refractivity contribution in [1.29, 1.82) is 0 Å². The minimum Gasteiger partial charge on any atom is -0.370 e. The number of thioether (sulfide) groups is 1. The second-order valence-electron chi connectivity index (χ2n) is 4.74. The van der Waals surface area contributed by atoms with Gasteiger partial charge in [-0.25, -0.2) is 0 Å². The summed E-state index contributed by atoms with van der Waals surface area (Å²) in [4.78, 5) is 23.8. The maximum atomic E-state index is 12.1.